The van der Waals surface area contributed by atoms with Crippen LogP contribution in [0.15, 0.2) is 30.3 Å². The van der Waals surface area contributed by atoms with Crippen LogP contribution in [0.1, 0.15) is 11.1 Å². The van der Waals surface area contributed by atoms with Gasteiger partial charge >= 0.3 is 0 Å². The second-order valence-electron chi connectivity index (χ2n) is 5.35. The van der Waals surface area contributed by atoms with Crippen LogP contribution in [0.4, 0.5) is 11.4 Å². The Morgan fingerprint density at radius 3 is 2.44 bits per heavy atom. The molecule has 25 heavy (non-hydrogen) atoms. The number of nitro benzene ring substituents is 1. The third-order valence-corrected chi connectivity index (χ3v) is 4.05. The van der Waals surface area contributed by atoms with Crippen molar-refractivity contribution in [3.63, 3.8) is 0 Å². The standard InChI is InChI=1S/C17H17ClN2O5/c1-10-6-13(7-11(2)17(10)18)25-9-16(21)19-14-5-4-12(20(22)23)8-15(14)24-3/h4-8H,9H2,1-3H3,(H,19,21). The SMILES string of the molecule is COc1cc([N+](=O)[O-])ccc1NC(=O)COc1cc(C)c(Cl)c(C)c1. The summed E-state index contributed by atoms with van der Waals surface area (Å²) in [6.07, 6.45) is 0. The van der Waals surface area contributed by atoms with Gasteiger partial charge in [0.2, 0.25) is 0 Å². The molecule has 2 aromatic rings. The average molecular weight is 365 g/mol. The van der Waals surface area contributed by atoms with E-state index in [1.165, 1.54) is 25.3 Å². The maximum absolute atomic E-state index is 12.1. The summed E-state index contributed by atoms with van der Waals surface area (Å²) in [5.41, 5.74) is 1.91. The molecule has 132 valence electrons. The number of hydrogen-bond acceptors (Lipinski definition) is 5. The summed E-state index contributed by atoms with van der Waals surface area (Å²) < 4.78 is 10.5. The summed E-state index contributed by atoms with van der Waals surface area (Å²) in [5.74, 6) is 0.309. The number of aryl methyl sites for hydroxylation is 2. The van der Waals surface area contributed by atoms with Gasteiger partial charge in [-0.2, -0.15) is 0 Å². The van der Waals surface area contributed by atoms with Gasteiger partial charge in [-0.15, -0.1) is 0 Å². The highest BCUT2D eigenvalue weighted by Crippen LogP contribution is 2.29. The predicted octanol–water partition coefficient (Wildman–Crippen LogP) is 3.89. The molecule has 1 N–H and O–H groups in total. The number of nitrogens with one attached hydrogen (secondary N) is 1. The third-order valence-electron chi connectivity index (χ3n) is 3.45. The molecule has 1 amide bonds. The smallest absolute Gasteiger partial charge is 0.273 e. The number of benzene rings is 2. The molecule has 0 fully saturated rings. The number of carbonyl (C=O) groups excluding carboxylic acids is 1. The van der Waals surface area contributed by atoms with Crippen LogP contribution in [0, 0.1) is 24.0 Å². The lowest BCUT2D eigenvalue weighted by molar-refractivity contribution is -0.384. The zero-order chi connectivity index (χ0) is 18.6. The van der Waals surface area contributed by atoms with Gasteiger partial charge in [-0.05, 0) is 43.2 Å². The van der Waals surface area contributed by atoms with E-state index < -0.39 is 10.8 Å². The van der Waals surface area contributed by atoms with Gasteiger partial charge in [0.1, 0.15) is 11.5 Å². The molecule has 0 aliphatic heterocycles. The minimum Gasteiger partial charge on any atom is -0.494 e. The Morgan fingerprint density at radius 2 is 1.88 bits per heavy atom. The highest BCUT2D eigenvalue weighted by atomic mass is 35.5. The van der Waals surface area contributed by atoms with Crippen molar-refractivity contribution in [1.82, 2.24) is 0 Å². The van der Waals surface area contributed by atoms with Crippen molar-refractivity contribution in [2.24, 2.45) is 0 Å². The van der Waals surface area contributed by atoms with Crippen LogP contribution in [0.25, 0.3) is 0 Å². The van der Waals surface area contributed by atoms with Crippen molar-refractivity contribution >= 4 is 28.9 Å². The number of methoxy groups -OCH3 is 1. The summed E-state index contributed by atoms with van der Waals surface area (Å²) in [5, 5.41) is 14.0. The zero-order valence-electron chi connectivity index (χ0n) is 14.0. The number of carbonyl (C=O) groups is 1. The first-order valence-corrected chi connectivity index (χ1v) is 7.71. The van der Waals surface area contributed by atoms with Gasteiger partial charge in [-0.1, -0.05) is 11.6 Å². The molecule has 0 atom stereocenters. The topological polar surface area (TPSA) is 90.7 Å². The molecular weight excluding hydrogens is 348 g/mol. The van der Waals surface area contributed by atoms with Crippen LogP contribution in [0.2, 0.25) is 5.02 Å². The fraction of sp³-hybridized carbons (Fsp3) is 0.235. The number of ether oxygens (including phenoxy) is 2. The summed E-state index contributed by atoms with van der Waals surface area (Å²) in [6, 6.07) is 7.42. The lowest BCUT2D eigenvalue weighted by Gasteiger charge is -2.12. The van der Waals surface area contributed by atoms with E-state index in [0.29, 0.717) is 16.5 Å². The Balaban J connectivity index is 2.04. The maximum Gasteiger partial charge on any atom is 0.273 e. The van der Waals surface area contributed by atoms with E-state index >= 15 is 0 Å². The number of halogens is 1. The molecule has 8 heteroatoms. The molecule has 0 unspecified atom stereocenters. The minimum atomic E-state index is -0.539. The number of nitro groups is 1. The second kappa shape index (κ2) is 7.85. The van der Waals surface area contributed by atoms with Crippen molar-refractivity contribution in [3.05, 3.63) is 56.6 Å². The molecule has 0 aliphatic carbocycles. The van der Waals surface area contributed by atoms with E-state index in [0.717, 1.165) is 11.1 Å². The maximum atomic E-state index is 12.1. The summed E-state index contributed by atoms with van der Waals surface area (Å²) >= 11 is 6.09. The van der Waals surface area contributed by atoms with E-state index in [4.69, 9.17) is 21.1 Å². The molecule has 0 saturated carbocycles. The molecule has 0 heterocycles. The summed E-state index contributed by atoms with van der Waals surface area (Å²) in [6.45, 7) is 3.48. The number of anilines is 1. The Bertz CT molecular complexity index is 800. The van der Waals surface area contributed by atoms with E-state index in [2.05, 4.69) is 5.32 Å². The van der Waals surface area contributed by atoms with Gasteiger partial charge < -0.3 is 14.8 Å². The fourth-order valence-electron chi connectivity index (χ4n) is 2.22. The molecule has 2 aromatic carbocycles. The van der Waals surface area contributed by atoms with Gasteiger partial charge in [0.15, 0.2) is 6.61 Å². The number of non-ortho nitro benzene ring substituents is 1. The highest BCUT2D eigenvalue weighted by molar-refractivity contribution is 6.32. The van der Waals surface area contributed by atoms with Crippen molar-refractivity contribution in [1.29, 1.82) is 0 Å². The molecule has 0 spiro atoms. The van der Waals surface area contributed by atoms with Crippen molar-refractivity contribution in [3.8, 4) is 11.5 Å². The quantitative estimate of drug-likeness (QED) is 0.620. The van der Waals surface area contributed by atoms with Crippen molar-refractivity contribution in [2.75, 3.05) is 19.0 Å². The monoisotopic (exact) mass is 364 g/mol. The number of hydrogen-bond donors (Lipinski definition) is 1. The number of amides is 1. The minimum absolute atomic E-state index is 0.127. The lowest BCUT2D eigenvalue weighted by atomic mass is 10.1. The van der Waals surface area contributed by atoms with E-state index in [1.807, 2.05) is 13.8 Å². The molecule has 0 saturated heterocycles. The molecule has 0 bridgehead atoms. The molecule has 0 radical (unpaired) electrons. The van der Waals surface area contributed by atoms with Gasteiger partial charge in [-0.25, -0.2) is 0 Å². The Kier molecular flexibility index (Phi) is 5.82. The van der Waals surface area contributed by atoms with Gasteiger partial charge in [0.25, 0.3) is 11.6 Å². The summed E-state index contributed by atoms with van der Waals surface area (Å²) in [7, 11) is 1.37. The Labute approximate surface area is 149 Å². The first-order chi connectivity index (χ1) is 11.8. The fourth-order valence-corrected chi connectivity index (χ4v) is 2.33. The second-order valence-corrected chi connectivity index (χ2v) is 5.73. The normalized spacial score (nSPS) is 10.2. The Morgan fingerprint density at radius 1 is 1.24 bits per heavy atom. The van der Waals surface area contributed by atoms with Crippen LogP contribution in [-0.4, -0.2) is 24.5 Å². The predicted molar refractivity (Wildman–Crippen MR) is 94.7 cm³/mol. The number of rotatable bonds is 6. The van der Waals surface area contributed by atoms with E-state index in [-0.39, 0.29) is 18.0 Å². The van der Waals surface area contributed by atoms with Gasteiger partial charge in [0, 0.05) is 11.1 Å². The Hall–Kier alpha value is -2.80. The van der Waals surface area contributed by atoms with Crippen LogP contribution in [0.3, 0.4) is 0 Å². The first-order valence-electron chi connectivity index (χ1n) is 7.33. The third kappa shape index (κ3) is 4.60. The molecule has 2 rings (SSSR count). The number of nitrogens with zero attached hydrogens (tertiary/aromatic N) is 1. The average Bonchev–Trinajstić information content (AvgIpc) is 2.57. The molecule has 0 aliphatic rings. The van der Waals surface area contributed by atoms with Crippen LogP contribution in [-0.2, 0) is 4.79 Å². The van der Waals surface area contributed by atoms with Crippen molar-refractivity contribution < 1.29 is 19.2 Å². The highest BCUT2D eigenvalue weighted by Gasteiger charge is 2.14. The van der Waals surface area contributed by atoms with Gasteiger partial charge in [0.05, 0.1) is 23.8 Å². The van der Waals surface area contributed by atoms with E-state index in [9.17, 15) is 14.9 Å². The zero-order valence-corrected chi connectivity index (χ0v) is 14.7. The van der Waals surface area contributed by atoms with Gasteiger partial charge in [-0.3, -0.25) is 14.9 Å². The van der Waals surface area contributed by atoms with Crippen LogP contribution >= 0.6 is 11.6 Å². The molecule has 7 nitrogen and oxygen atoms in total. The molecule has 0 aromatic heterocycles. The van der Waals surface area contributed by atoms with E-state index in [1.54, 1.807) is 12.1 Å². The van der Waals surface area contributed by atoms with Crippen LogP contribution < -0.4 is 14.8 Å². The first kappa shape index (κ1) is 18.5. The summed E-state index contributed by atoms with van der Waals surface area (Å²) in [4.78, 5) is 22.3. The van der Waals surface area contributed by atoms with Crippen LogP contribution in [0.5, 0.6) is 11.5 Å². The molecular formula is C17H17ClN2O5. The van der Waals surface area contributed by atoms with Crippen molar-refractivity contribution in [2.45, 2.75) is 13.8 Å². The largest absolute Gasteiger partial charge is 0.494 e. The lowest BCUT2D eigenvalue weighted by Crippen LogP contribution is -2.20.